The molecule has 198 valence electrons. The molecule has 0 radical (unpaired) electrons. The molecule has 2 aliphatic carbocycles. The summed E-state index contributed by atoms with van der Waals surface area (Å²) in [6, 6.07) is 5.67. The summed E-state index contributed by atoms with van der Waals surface area (Å²) in [4.78, 5) is 4.40. The van der Waals surface area contributed by atoms with E-state index in [1.54, 1.807) is 21.6 Å². The zero-order chi connectivity index (χ0) is 26.3. The second kappa shape index (κ2) is 8.08. The molecule has 1 N–H and O–H groups in total. The van der Waals surface area contributed by atoms with E-state index in [0.717, 1.165) is 41.9 Å². The van der Waals surface area contributed by atoms with Crippen LogP contribution in [0.2, 0.25) is 5.02 Å². The van der Waals surface area contributed by atoms with E-state index in [0.29, 0.717) is 36.2 Å². The average molecular weight is 543 g/mol. The van der Waals surface area contributed by atoms with E-state index in [2.05, 4.69) is 30.2 Å². The van der Waals surface area contributed by atoms with E-state index < -0.39 is 11.6 Å². The van der Waals surface area contributed by atoms with Crippen LogP contribution in [0.3, 0.4) is 0 Å². The molecule has 1 aliphatic heterocycles. The molecule has 0 amide bonds. The molecule has 5 heterocycles. The van der Waals surface area contributed by atoms with Gasteiger partial charge in [-0.2, -0.15) is 18.3 Å². The van der Waals surface area contributed by atoms with Crippen LogP contribution in [0.5, 0.6) is 0 Å². The summed E-state index contributed by atoms with van der Waals surface area (Å²) in [5.74, 6) is 1.94. The van der Waals surface area contributed by atoms with Crippen LogP contribution >= 0.6 is 11.6 Å². The average Bonchev–Trinajstić information content (AvgIpc) is 3.50. The molecule has 0 saturated heterocycles. The Kier molecular flexibility index (Phi) is 5.05. The van der Waals surface area contributed by atoms with Crippen LogP contribution in [-0.4, -0.2) is 40.3 Å². The fourth-order valence-electron chi connectivity index (χ4n) is 6.23. The van der Waals surface area contributed by atoms with Crippen molar-refractivity contribution in [1.29, 1.82) is 0 Å². The predicted octanol–water partition coefficient (Wildman–Crippen LogP) is 6.11. The molecule has 3 aliphatic rings. The van der Waals surface area contributed by atoms with Gasteiger partial charge >= 0.3 is 6.18 Å². The van der Waals surface area contributed by atoms with Crippen molar-refractivity contribution in [1.82, 2.24) is 34.1 Å². The topological polar surface area (TPSA) is 78.4 Å². The molecule has 8 nitrogen and oxygen atoms in total. The van der Waals surface area contributed by atoms with Crippen molar-refractivity contribution < 1.29 is 13.2 Å². The summed E-state index contributed by atoms with van der Waals surface area (Å²) in [5, 5.41) is 16.5. The Bertz CT molecular complexity index is 1540. The Balaban J connectivity index is 1.33. The van der Waals surface area contributed by atoms with Gasteiger partial charge in [0.25, 0.3) is 0 Å². The fraction of sp³-hybridized carbons (Fsp3) is 0.462. The summed E-state index contributed by atoms with van der Waals surface area (Å²) < 4.78 is 48.6. The Morgan fingerprint density at radius 1 is 1.05 bits per heavy atom. The van der Waals surface area contributed by atoms with Gasteiger partial charge in [-0.05, 0) is 37.8 Å². The third kappa shape index (κ3) is 3.43. The van der Waals surface area contributed by atoms with Gasteiger partial charge in [-0.25, -0.2) is 4.98 Å². The van der Waals surface area contributed by atoms with Gasteiger partial charge in [0, 0.05) is 55.1 Å². The molecular formula is C26H26ClF3N8. The van der Waals surface area contributed by atoms with Crippen LogP contribution in [0.1, 0.15) is 44.3 Å². The number of nitrogens with zero attached hydrogens (tertiary/aromatic N) is 7. The highest BCUT2D eigenvalue weighted by Gasteiger charge is 2.62. The minimum atomic E-state index is -4.36. The van der Waals surface area contributed by atoms with E-state index in [4.69, 9.17) is 11.6 Å². The zero-order valence-corrected chi connectivity index (χ0v) is 21.5. The molecule has 12 heteroatoms. The van der Waals surface area contributed by atoms with Gasteiger partial charge in [-0.3, -0.25) is 4.68 Å². The van der Waals surface area contributed by atoms with Gasteiger partial charge in [0.2, 0.25) is 0 Å². The molecule has 38 heavy (non-hydrogen) atoms. The van der Waals surface area contributed by atoms with Gasteiger partial charge in [-0.1, -0.05) is 24.4 Å². The summed E-state index contributed by atoms with van der Waals surface area (Å²) in [6.07, 6.45) is 4.62. The number of aryl methyl sites for hydroxylation is 1. The number of anilines is 2. The van der Waals surface area contributed by atoms with Crippen molar-refractivity contribution in [3.05, 3.63) is 47.6 Å². The Labute approximate surface area is 221 Å². The lowest BCUT2D eigenvalue weighted by atomic mass is 9.66. The standard InChI is InChI=1S/C26H26ClF3N8/c1-36-21(4-9-32-36)33-20-11-17(18(27)12-31-20)16-10-19-22-34-35-23(25(7-3-8-25)26(28,29)30)38(22)15-24(5-2-6-24)14-37(19)13-16/h4,9-13H,2-3,5-8,14-15H2,1H3,(H,31,33). The first-order chi connectivity index (χ1) is 18.2. The van der Waals surface area contributed by atoms with Gasteiger partial charge < -0.3 is 14.5 Å². The zero-order valence-electron chi connectivity index (χ0n) is 20.8. The summed E-state index contributed by atoms with van der Waals surface area (Å²) >= 11 is 6.60. The lowest BCUT2D eigenvalue weighted by molar-refractivity contribution is -0.216. The number of pyridine rings is 1. The monoisotopic (exact) mass is 542 g/mol. The number of rotatable bonds is 4. The maximum absolute atomic E-state index is 14.3. The molecular weight excluding hydrogens is 517 g/mol. The van der Waals surface area contributed by atoms with Crippen molar-refractivity contribution in [3.8, 4) is 22.6 Å². The van der Waals surface area contributed by atoms with Crippen molar-refractivity contribution in [2.24, 2.45) is 12.5 Å². The molecule has 2 fully saturated rings. The Morgan fingerprint density at radius 2 is 1.84 bits per heavy atom. The number of hydrogen-bond acceptors (Lipinski definition) is 5. The number of hydrogen-bond donors (Lipinski definition) is 1. The van der Waals surface area contributed by atoms with Gasteiger partial charge in [-0.15, -0.1) is 10.2 Å². The minimum absolute atomic E-state index is 0.0625. The van der Waals surface area contributed by atoms with E-state index in [1.165, 1.54) is 0 Å². The highest BCUT2D eigenvalue weighted by Crippen LogP contribution is 2.56. The largest absolute Gasteiger partial charge is 0.401 e. The second-order valence-electron chi connectivity index (χ2n) is 11.0. The molecule has 0 unspecified atom stereocenters. The smallest absolute Gasteiger partial charge is 0.344 e. The third-order valence-corrected chi connectivity index (χ3v) is 9.01. The van der Waals surface area contributed by atoms with Crippen molar-refractivity contribution >= 4 is 23.2 Å². The summed E-state index contributed by atoms with van der Waals surface area (Å²) in [6.45, 7) is 1.22. The maximum atomic E-state index is 14.3. The van der Waals surface area contributed by atoms with Crippen molar-refractivity contribution in [2.75, 3.05) is 5.32 Å². The molecule has 0 bridgehead atoms. The first-order valence-corrected chi connectivity index (χ1v) is 13.2. The normalized spacial score (nSPS) is 19.3. The summed E-state index contributed by atoms with van der Waals surface area (Å²) in [7, 11) is 1.83. The molecule has 0 aromatic carbocycles. The number of fused-ring (bicyclic) bond motifs is 3. The Morgan fingerprint density at radius 3 is 2.47 bits per heavy atom. The highest BCUT2D eigenvalue weighted by molar-refractivity contribution is 6.33. The molecule has 4 aromatic rings. The first kappa shape index (κ1) is 23.8. The lowest BCUT2D eigenvalue weighted by Crippen LogP contribution is -2.50. The van der Waals surface area contributed by atoms with Gasteiger partial charge in [0.05, 0.1) is 16.9 Å². The van der Waals surface area contributed by atoms with E-state index >= 15 is 0 Å². The van der Waals surface area contributed by atoms with E-state index in [1.807, 2.05) is 31.4 Å². The highest BCUT2D eigenvalue weighted by atomic mass is 35.5. The van der Waals surface area contributed by atoms with Crippen LogP contribution in [-0.2, 0) is 25.6 Å². The minimum Gasteiger partial charge on any atom is -0.344 e. The van der Waals surface area contributed by atoms with Crippen molar-refractivity contribution in [3.63, 3.8) is 0 Å². The Hall–Kier alpha value is -3.34. The number of alkyl halides is 3. The molecule has 2 saturated carbocycles. The maximum Gasteiger partial charge on any atom is 0.401 e. The van der Waals surface area contributed by atoms with Crippen LogP contribution in [0.4, 0.5) is 24.8 Å². The van der Waals surface area contributed by atoms with Crippen LogP contribution in [0.15, 0.2) is 36.8 Å². The molecule has 0 atom stereocenters. The molecule has 1 spiro atoms. The fourth-order valence-corrected chi connectivity index (χ4v) is 6.44. The number of nitrogens with one attached hydrogen (secondary N) is 1. The summed E-state index contributed by atoms with van der Waals surface area (Å²) in [5.41, 5.74) is 0.356. The van der Waals surface area contributed by atoms with Gasteiger partial charge in [0.1, 0.15) is 22.9 Å². The lowest BCUT2D eigenvalue weighted by Gasteiger charge is -2.45. The third-order valence-electron chi connectivity index (χ3n) is 8.71. The van der Waals surface area contributed by atoms with E-state index in [-0.39, 0.29) is 24.1 Å². The SMILES string of the molecule is Cn1nccc1Nc1cc(-c2cc3n(c2)CC2(CCC2)Cn2c-3nnc2C2(C(F)(F)F)CCC2)c(Cl)cn1. The second-order valence-corrected chi connectivity index (χ2v) is 11.4. The first-order valence-electron chi connectivity index (χ1n) is 12.8. The van der Waals surface area contributed by atoms with Crippen LogP contribution in [0.25, 0.3) is 22.6 Å². The van der Waals surface area contributed by atoms with Crippen LogP contribution < -0.4 is 5.32 Å². The molecule has 4 aromatic heterocycles. The van der Waals surface area contributed by atoms with E-state index in [9.17, 15) is 13.2 Å². The van der Waals surface area contributed by atoms with Crippen molar-refractivity contribution in [2.45, 2.75) is 63.2 Å². The van der Waals surface area contributed by atoms with Gasteiger partial charge in [0.15, 0.2) is 5.82 Å². The van der Waals surface area contributed by atoms with Crippen LogP contribution in [0, 0.1) is 5.41 Å². The quantitative estimate of drug-likeness (QED) is 0.337. The number of halogens is 4. The number of aromatic nitrogens is 7. The predicted molar refractivity (Wildman–Crippen MR) is 136 cm³/mol. The molecule has 7 rings (SSSR count).